The number of rotatable bonds is 6. The van der Waals surface area contributed by atoms with E-state index in [0.29, 0.717) is 13.1 Å². The fraction of sp³-hybridized carbons (Fsp3) is 0.846. The number of nitrogens with one attached hydrogen (secondary N) is 1. The Morgan fingerprint density at radius 1 is 1.28 bits per heavy atom. The Hall–Kier alpha value is -1.10. The molecule has 0 aliphatic heterocycles. The van der Waals surface area contributed by atoms with E-state index >= 15 is 0 Å². The normalized spacial score (nSPS) is 15.3. The van der Waals surface area contributed by atoms with Gasteiger partial charge in [0.15, 0.2) is 0 Å². The molecule has 0 aliphatic rings. The van der Waals surface area contributed by atoms with Crippen molar-refractivity contribution in [1.29, 1.82) is 0 Å². The zero-order chi connectivity index (χ0) is 14.5. The van der Waals surface area contributed by atoms with Gasteiger partial charge in [0, 0.05) is 12.1 Å². The highest BCUT2D eigenvalue weighted by Crippen LogP contribution is 2.07. The number of aliphatic carboxylic acids is 1. The maximum absolute atomic E-state index is 12.0. The standard InChI is InChI=1S/C13H26N2O3/c1-7-15(8-9(2)12(17)18)10(3)11(16)14-13(4,5)6/h9-10H,7-8H2,1-6H3,(H,14,16)(H,17,18). The fourth-order valence-corrected chi connectivity index (χ4v) is 1.63. The minimum atomic E-state index is -0.836. The third kappa shape index (κ3) is 6.00. The van der Waals surface area contributed by atoms with Crippen molar-refractivity contribution in [3.63, 3.8) is 0 Å². The Morgan fingerprint density at radius 3 is 2.11 bits per heavy atom. The lowest BCUT2D eigenvalue weighted by atomic mass is 10.1. The van der Waals surface area contributed by atoms with Gasteiger partial charge >= 0.3 is 5.97 Å². The number of carboxylic acid groups (broad SMARTS) is 1. The van der Waals surface area contributed by atoms with E-state index in [0.717, 1.165) is 0 Å². The first kappa shape index (κ1) is 16.9. The molecule has 18 heavy (non-hydrogen) atoms. The van der Waals surface area contributed by atoms with Gasteiger partial charge < -0.3 is 10.4 Å². The molecule has 2 unspecified atom stereocenters. The molecule has 0 aromatic carbocycles. The zero-order valence-electron chi connectivity index (χ0n) is 12.3. The molecule has 5 nitrogen and oxygen atoms in total. The molecule has 0 fully saturated rings. The maximum Gasteiger partial charge on any atom is 0.307 e. The minimum absolute atomic E-state index is 0.0676. The molecule has 0 saturated heterocycles. The van der Waals surface area contributed by atoms with Crippen molar-refractivity contribution in [2.45, 2.75) is 53.1 Å². The molecule has 0 saturated carbocycles. The molecule has 0 radical (unpaired) electrons. The molecule has 0 aromatic rings. The van der Waals surface area contributed by atoms with Gasteiger partial charge in [-0.15, -0.1) is 0 Å². The quantitative estimate of drug-likeness (QED) is 0.754. The SMILES string of the molecule is CCN(CC(C)C(=O)O)C(C)C(=O)NC(C)(C)C. The Bertz CT molecular complexity index is 297. The molecular formula is C13H26N2O3. The van der Waals surface area contributed by atoms with Gasteiger partial charge in [0.2, 0.25) is 5.91 Å². The summed E-state index contributed by atoms with van der Waals surface area (Å²) in [6, 6.07) is -0.323. The van der Waals surface area contributed by atoms with Crippen molar-refractivity contribution < 1.29 is 14.7 Å². The van der Waals surface area contributed by atoms with Gasteiger partial charge in [0.1, 0.15) is 0 Å². The average Bonchev–Trinajstić information content (AvgIpc) is 2.21. The lowest BCUT2D eigenvalue weighted by molar-refractivity contribution is -0.142. The van der Waals surface area contributed by atoms with E-state index in [-0.39, 0.29) is 17.5 Å². The smallest absolute Gasteiger partial charge is 0.307 e. The summed E-state index contributed by atoms with van der Waals surface area (Å²) in [5.41, 5.74) is -0.275. The van der Waals surface area contributed by atoms with E-state index in [1.165, 1.54) is 0 Å². The van der Waals surface area contributed by atoms with Crippen LogP contribution in [0.2, 0.25) is 0 Å². The largest absolute Gasteiger partial charge is 0.481 e. The minimum Gasteiger partial charge on any atom is -0.481 e. The highest BCUT2D eigenvalue weighted by Gasteiger charge is 2.26. The van der Waals surface area contributed by atoms with Crippen LogP contribution >= 0.6 is 0 Å². The van der Waals surface area contributed by atoms with Gasteiger partial charge in [-0.1, -0.05) is 13.8 Å². The molecule has 5 heteroatoms. The zero-order valence-corrected chi connectivity index (χ0v) is 12.3. The van der Waals surface area contributed by atoms with Crippen molar-refractivity contribution >= 4 is 11.9 Å². The number of carbonyl (C=O) groups is 2. The number of hydrogen-bond acceptors (Lipinski definition) is 3. The maximum atomic E-state index is 12.0. The first-order valence-corrected chi connectivity index (χ1v) is 6.37. The van der Waals surface area contributed by atoms with Crippen LogP contribution in [0.1, 0.15) is 41.5 Å². The first-order chi connectivity index (χ1) is 8.08. The molecule has 0 bridgehead atoms. The number of carboxylic acids is 1. The summed E-state index contributed by atoms with van der Waals surface area (Å²) in [4.78, 5) is 24.7. The van der Waals surface area contributed by atoms with Crippen LogP contribution < -0.4 is 5.32 Å². The molecular weight excluding hydrogens is 232 g/mol. The molecule has 1 amide bonds. The molecule has 0 heterocycles. The summed E-state index contributed by atoms with van der Waals surface area (Å²) in [5, 5.41) is 11.8. The van der Waals surface area contributed by atoms with E-state index in [9.17, 15) is 9.59 Å². The van der Waals surface area contributed by atoms with Crippen LogP contribution in [0.4, 0.5) is 0 Å². The molecule has 0 aromatic heterocycles. The lowest BCUT2D eigenvalue weighted by Gasteiger charge is -2.31. The van der Waals surface area contributed by atoms with Gasteiger partial charge in [0.25, 0.3) is 0 Å². The van der Waals surface area contributed by atoms with E-state index in [2.05, 4.69) is 5.32 Å². The van der Waals surface area contributed by atoms with Crippen LogP contribution in [0.5, 0.6) is 0 Å². The van der Waals surface area contributed by atoms with Crippen LogP contribution in [0.15, 0.2) is 0 Å². The highest BCUT2D eigenvalue weighted by molar-refractivity contribution is 5.82. The number of carbonyl (C=O) groups excluding carboxylic acids is 1. The second-order valence-corrected chi connectivity index (χ2v) is 5.74. The van der Waals surface area contributed by atoms with Gasteiger partial charge in [0.05, 0.1) is 12.0 Å². The number of likely N-dealkylation sites (N-methyl/N-ethyl adjacent to an activating group) is 1. The van der Waals surface area contributed by atoms with Gasteiger partial charge in [-0.3, -0.25) is 14.5 Å². The monoisotopic (exact) mass is 258 g/mol. The molecule has 2 atom stereocenters. The molecule has 0 rings (SSSR count). The molecule has 0 aliphatic carbocycles. The predicted octanol–water partition coefficient (Wildman–Crippen LogP) is 1.33. The highest BCUT2D eigenvalue weighted by atomic mass is 16.4. The van der Waals surface area contributed by atoms with E-state index in [4.69, 9.17) is 5.11 Å². The second-order valence-electron chi connectivity index (χ2n) is 5.74. The van der Waals surface area contributed by atoms with Gasteiger partial charge in [-0.2, -0.15) is 0 Å². The number of nitrogens with zero attached hydrogens (tertiary/aromatic N) is 1. The van der Waals surface area contributed by atoms with Gasteiger partial charge in [-0.05, 0) is 34.2 Å². The summed E-state index contributed by atoms with van der Waals surface area (Å²) < 4.78 is 0. The average molecular weight is 258 g/mol. The summed E-state index contributed by atoms with van der Waals surface area (Å²) in [7, 11) is 0. The molecule has 0 spiro atoms. The molecule has 106 valence electrons. The van der Waals surface area contributed by atoms with E-state index in [1.807, 2.05) is 32.6 Å². The van der Waals surface area contributed by atoms with Crippen molar-refractivity contribution in [2.24, 2.45) is 5.92 Å². The Balaban J connectivity index is 4.56. The van der Waals surface area contributed by atoms with Crippen LogP contribution in [0, 0.1) is 5.92 Å². The van der Waals surface area contributed by atoms with Crippen molar-refractivity contribution in [2.75, 3.05) is 13.1 Å². The topological polar surface area (TPSA) is 69.6 Å². The first-order valence-electron chi connectivity index (χ1n) is 6.37. The van der Waals surface area contributed by atoms with Crippen LogP contribution in [0.25, 0.3) is 0 Å². The van der Waals surface area contributed by atoms with Crippen LogP contribution in [0.3, 0.4) is 0 Å². The van der Waals surface area contributed by atoms with E-state index in [1.54, 1.807) is 13.8 Å². The molecule has 2 N–H and O–H groups in total. The van der Waals surface area contributed by atoms with E-state index < -0.39 is 11.9 Å². The second kappa shape index (κ2) is 6.73. The number of hydrogen-bond donors (Lipinski definition) is 2. The Kier molecular flexibility index (Phi) is 6.32. The van der Waals surface area contributed by atoms with Crippen LogP contribution in [-0.2, 0) is 9.59 Å². The Morgan fingerprint density at radius 2 is 1.78 bits per heavy atom. The van der Waals surface area contributed by atoms with Crippen molar-refractivity contribution in [3.8, 4) is 0 Å². The summed E-state index contributed by atoms with van der Waals surface area (Å²) in [6.07, 6.45) is 0. The third-order valence-corrected chi connectivity index (χ3v) is 2.76. The fourth-order valence-electron chi connectivity index (χ4n) is 1.63. The number of amides is 1. The summed E-state index contributed by atoms with van der Waals surface area (Å²) >= 11 is 0. The lowest BCUT2D eigenvalue weighted by Crippen LogP contribution is -2.52. The third-order valence-electron chi connectivity index (χ3n) is 2.76. The van der Waals surface area contributed by atoms with Crippen molar-refractivity contribution in [1.82, 2.24) is 10.2 Å². The predicted molar refractivity (Wildman–Crippen MR) is 71.4 cm³/mol. The Labute approximate surface area is 110 Å². The van der Waals surface area contributed by atoms with Crippen LogP contribution in [-0.4, -0.2) is 46.6 Å². The summed E-state index contributed by atoms with van der Waals surface area (Å²) in [5.74, 6) is -1.38. The van der Waals surface area contributed by atoms with Gasteiger partial charge in [-0.25, -0.2) is 0 Å². The summed E-state index contributed by atoms with van der Waals surface area (Å²) in [6.45, 7) is 12.2. The van der Waals surface area contributed by atoms with Crippen molar-refractivity contribution in [3.05, 3.63) is 0 Å².